The number of amides is 2. The van der Waals surface area contributed by atoms with E-state index in [9.17, 15) is 9.59 Å². The lowest BCUT2D eigenvalue weighted by molar-refractivity contribution is -0.166. The molecular formula is C25H36N2O4. The SMILES string of the molecule is O=C(CC1(COc2ccccc2)CN(C(=O)CC2CCCC2)CCO1)N1CCCCC1. The van der Waals surface area contributed by atoms with E-state index in [2.05, 4.69) is 0 Å². The summed E-state index contributed by atoms with van der Waals surface area (Å²) in [6.07, 6.45) is 8.98. The molecule has 3 aliphatic rings. The first kappa shape index (κ1) is 22.1. The van der Waals surface area contributed by atoms with Crippen molar-refractivity contribution >= 4 is 11.8 Å². The van der Waals surface area contributed by atoms with Gasteiger partial charge in [-0.2, -0.15) is 0 Å². The van der Waals surface area contributed by atoms with Gasteiger partial charge < -0.3 is 19.3 Å². The van der Waals surface area contributed by atoms with Crippen LogP contribution in [-0.4, -0.2) is 66.6 Å². The lowest BCUT2D eigenvalue weighted by Crippen LogP contribution is -2.58. The molecule has 1 saturated carbocycles. The summed E-state index contributed by atoms with van der Waals surface area (Å²) in [7, 11) is 0. The maximum Gasteiger partial charge on any atom is 0.225 e. The third-order valence-corrected chi connectivity index (χ3v) is 6.97. The molecule has 2 aliphatic heterocycles. The van der Waals surface area contributed by atoms with E-state index < -0.39 is 5.60 Å². The molecule has 6 heteroatoms. The van der Waals surface area contributed by atoms with Crippen molar-refractivity contribution in [3.05, 3.63) is 30.3 Å². The van der Waals surface area contributed by atoms with E-state index >= 15 is 0 Å². The van der Waals surface area contributed by atoms with Gasteiger partial charge in [0.25, 0.3) is 0 Å². The maximum atomic E-state index is 13.1. The van der Waals surface area contributed by atoms with Crippen LogP contribution in [0.4, 0.5) is 0 Å². The molecule has 170 valence electrons. The van der Waals surface area contributed by atoms with Crippen molar-refractivity contribution in [3.8, 4) is 5.75 Å². The van der Waals surface area contributed by atoms with E-state index in [1.165, 1.54) is 19.3 Å². The van der Waals surface area contributed by atoms with Crippen molar-refractivity contribution in [1.29, 1.82) is 0 Å². The Bertz CT molecular complexity index is 728. The van der Waals surface area contributed by atoms with Crippen LogP contribution in [0.1, 0.15) is 57.8 Å². The quantitative estimate of drug-likeness (QED) is 0.665. The fraction of sp³-hybridized carbons (Fsp3) is 0.680. The van der Waals surface area contributed by atoms with Crippen LogP contribution in [0.2, 0.25) is 0 Å². The van der Waals surface area contributed by atoms with Gasteiger partial charge in [-0.15, -0.1) is 0 Å². The average molecular weight is 429 g/mol. The van der Waals surface area contributed by atoms with Gasteiger partial charge in [-0.25, -0.2) is 0 Å². The molecule has 1 aromatic carbocycles. The molecule has 6 nitrogen and oxygen atoms in total. The van der Waals surface area contributed by atoms with Crippen molar-refractivity contribution in [3.63, 3.8) is 0 Å². The van der Waals surface area contributed by atoms with Gasteiger partial charge in [-0.1, -0.05) is 31.0 Å². The molecule has 1 aromatic rings. The lowest BCUT2D eigenvalue weighted by Gasteiger charge is -2.43. The number of carbonyl (C=O) groups excluding carboxylic acids is 2. The minimum atomic E-state index is -0.798. The standard InChI is InChI=1S/C25H36N2O4/c28-23(17-21-9-5-6-10-21)27-15-16-31-25(19-27,20-30-22-11-3-1-4-12-22)18-24(29)26-13-7-2-8-14-26/h1,3-4,11-12,21H,2,5-10,13-20H2. The summed E-state index contributed by atoms with van der Waals surface area (Å²) in [4.78, 5) is 30.0. The lowest BCUT2D eigenvalue weighted by atomic mass is 9.95. The first-order chi connectivity index (χ1) is 15.1. The smallest absolute Gasteiger partial charge is 0.225 e. The first-order valence-corrected chi connectivity index (χ1v) is 12.0. The van der Waals surface area contributed by atoms with Crippen LogP contribution in [0.15, 0.2) is 30.3 Å². The number of carbonyl (C=O) groups is 2. The zero-order valence-corrected chi connectivity index (χ0v) is 18.6. The molecular weight excluding hydrogens is 392 g/mol. The number of hydrogen-bond acceptors (Lipinski definition) is 4. The molecule has 3 fully saturated rings. The molecule has 1 aliphatic carbocycles. The largest absolute Gasteiger partial charge is 0.490 e. The Labute approximate surface area is 185 Å². The first-order valence-electron chi connectivity index (χ1n) is 12.0. The van der Waals surface area contributed by atoms with E-state index in [0.717, 1.165) is 44.5 Å². The van der Waals surface area contributed by atoms with E-state index in [1.807, 2.05) is 40.1 Å². The summed E-state index contributed by atoms with van der Waals surface area (Å²) in [6.45, 7) is 3.37. The highest BCUT2D eigenvalue weighted by Crippen LogP contribution is 2.30. The van der Waals surface area contributed by atoms with Gasteiger partial charge in [0.2, 0.25) is 11.8 Å². The molecule has 0 spiro atoms. The van der Waals surface area contributed by atoms with Crippen molar-refractivity contribution in [2.24, 2.45) is 5.92 Å². The van der Waals surface area contributed by atoms with Crippen molar-refractivity contribution in [2.45, 2.75) is 63.4 Å². The normalized spacial score (nSPS) is 24.9. The summed E-state index contributed by atoms with van der Waals surface area (Å²) < 4.78 is 12.3. The molecule has 0 bridgehead atoms. The van der Waals surface area contributed by atoms with Crippen LogP contribution in [-0.2, 0) is 14.3 Å². The zero-order chi connectivity index (χ0) is 21.5. The Morgan fingerprint density at radius 2 is 1.68 bits per heavy atom. The summed E-state index contributed by atoms with van der Waals surface area (Å²) >= 11 is 0. The third kappa shape index (κ3) is 6.00. The fourth-order valence-corrected chi connectivity index (χ4v) is 5.16. The van der Waals surface area contributed by atoms with E-state index in [0.29, 0.717) is 32.0 Å². The number of morpholine rings is 1. The molecule has 1 unspecified atom stereocenters. The number of para-hydroxylation sites is 1. The minimum absolute atomic E-state index is 0.112. The van der Waals surface area contributed by atoms with Gasteiger partial charge in [-0.3, -0.25) is 9.59 Å². The predicted molar refractivity (Wildman–Crippen MR) is 119 cm³/mol. The zero-order valence-electron chi connectivity index (χ0n) is 18.6. The number of hydrogen-bond donors (Lipinski definition) is 0. The van der Waals surface area contributed by atoms with Crippen molar-refractivity contribution in [1.82, 2.24) is 9.80 Å². The number of ether oxygens (including phenoxy) is 2. The number of nitrogens with zero attached hydrogens (tertiary/aromatic N) is 2. The third-order valence-electron chi connectivity index (χ3n) is 6.97. The average Bonchev–Trinajstić information content (AvgIpc) is 3.32. The second-order valence-electron chi connectivity index (χ2n) is 9.42. The van der Waals surface area contributed by atoms with Crippen LogP contribution in [0.3, 0.4) is 0 Å². The maximum absolute atomic E-state index is 13.1. The van der Waals surface area contributed by atoms with Crippen LogP contribution in [0.5, 0.6) is 5.75 Å². The van der Waals surface area contributed by atoms with Crippen molar-refractivity contribution < 1.29 is 19.1 Å². The summed E-state index contributed by atoms with van der Waals surface area (Å²) in [5.74, 6) is 1.58. The van der Waals surface area contributed by atoms with E-state index in [4.69, 9.17) is 9.47 Å². The highest BCUT2D eigenvalue weighted by atomic mass is 16.5. The minimum Gasteiger partial charge on any atom is -0.490 e. The Morgan fingerprint density at radius 1 is 0.935 bits per heavy atom. The molecule has 2 amide bonds. The van der Waals surface area contributed by atoms with Gasteiger partial charge in [0.1, 0.15) is 18.0 Å². The van der Waals surface area contributed by atoms with E-state index in [-0.39, 0.29) is 24.8 Å². The monoisotopic (exact) mass is 428 g/mol. The van der Waals surface area contributed by atoms with Gasteiger partial charge in [0.05, 0.1) is 19.6 Å². The molecule has 0 radical (unpaired) electrons. The topological polar surface area (TPSA) is 59.1 Å². The molecule has 1 atom stereocenters. The summed E-state index contributed by atoms with van der Waals surface area (Å²) in [6, 6.07) is 9.63. The fourth-order valence-electron chi connectivity index (χ4n) is 5.16. The molecule has 31 heavy (non-hydrogen) atoms. The number of piperidine rings is 1. The Morgan fingerprint density at radius 3 is 2.42 bits per heavy atom. The predicted octanol–water partition coefficient (Wildman–Crippen LogP) is 3.65. The Kier molecular flexibility index (Phi) is 7.49. The van der Waals surface area contributed by atoms with Gasteiger partial charge >= 0.3 is 0 Å². The van der Waals surface area contributed by atoms with Crippen LogP contribution in [0, 0.1) is 5.92 Å². The van der Waals surface area contributed by atoms with Gasteiger partial charge in [0.15, 0.2) is 0 Å². The number of benzene rings is 1. The van der Waals surface area contributed by atoms with Gasteiger partial charge in [0, 0.05) is 26.1 Å². The van der Waals surface area contributed by atoms with Crippen molar-refractivity contribution in [2.75, 3.05) is 39.4 Å². The number of likely N-dealkylation sites (tertiary alicyclic amines) is 1. The Hall–Kier alpha value is -2.08. The van der Waals surface area contributed by atoms with E-state index in [1.54, 1.807) is 0 Å². The highest BCUT2D eigenvalue weighted by Gasteiger charge is 2.42. The molecule has 4 rings (SSSR count). The molecule has 0 N–H and O–H groups in total. The molecule has 0 aromatic heterocycles. The summed E-state index contributed by atoms with van der Waals surface area (Å²) in [5.41, 5.74) is -0.798. The van der Waals surface area contributed by atoms with Crippen LogP contribution < -0.4 is 4.74 Å². The second-order valence-corrected chi connectivity index (χ2v) is 9.42. The second kappa shape index (κ2) is 10.5. The molecule has 2 saturated heterocycles. The van der Waals surface area contributed by atoms with Crippen LogP contribution >= 0.6 is 0 Å². The van der Waals surface area contributed by atoms with Crippen LogP contribution in [0.25, 0.3) is 0 Å². The summed E-state index contributed by atoms with van der Waals surface area (Å²) in [5, 5.41) is 0. The highest BCUT2D eigenvalue weighted by molar-refractivity contribution is 5.79. The Balaban J connectivity index is 1.44. The van der Waals surface area contributed by atoms with Gasteiger partial charge in [-0.05, 0) is 50.2 Å². The number of rotatable bonds is 7. The molecule has 2 heterocycles.